The summed E-state index contributed by atoms with van der Waals surface area (Å²) in [7, 11) is 0. The number of fused-ring (bicyclic) bond motifs is 10. The van der Waals surface area contributed by atoms with Gasteiger partial charge in [-0.3, -0.25) is 10.3 Å². The van der Waals surface area contributed by atoms with Gasteiger partial charge in [-0.25, -0.2) is 0 Å². The van der Waals surface area contributed by atoms with E-state index in [1.165, 1.54) is 76.6 Å². The van der Waals surface area contributed by atoms with Crippen molar-refractivity contribution in [3.8, 4) is 33.4 Å². The molecule has 0 fully saturated rings. The van der Waals surface area contributed by atoms with Crippen LogP contribution in [0.5, 0.6) is 0 Å². The highest BCUT2D eigenvalue weighted by Gasteiger charge is 2.51. The maximum Gasteiger partial charge on any atom is 0.104 e. The Balaban J connectivity index is 1.14. The van der Waals surface area contributed by atoms with E-state index < -0.39 is 5.41 Å². The van der Waals surface area contributed by atoms with E-state index in [-0.39, 0.29) is 12.2 Å². The smallest absolute Gasteiger partial charge is 0.104 e. The van der Waals surface area contributed by atoms with Gasteiger partial charge in [0.2, 0.25) is 0 Å². The average Bonchev–Trinajstić information content (AvgIpc) is 3.63. The Morgan fingerprint density at radius 3 is 1.85 bits per heavy atom. The van der Waals surface area contributed by atoms with Crippen molar-refractivity contribution in [2.24, 2.45) is 0 Å². The van der Waals surface area contributed by atoms with Gasteiger partial charge in [0.05, 0.1) is 17.0 Å². The van der Waals surface area contributed by atoms with Crippen LogP contribution in [-0.2, 0) is 5.41 Å². The lowest BCUT2D eigenvalue weighted by Crippen LogP contribution is -2.39. The number of nitrogens with zero attached hydrogens (tertiary/aromatic N) is 1. The quantitative estimate of drug-likeness (QED) is 0.182. The van der Waals surface area contributed by atoms with E-state index >= 15 is 0 Å². The molecule has 4 heteroatoms. The summed E-state index contributed by atoms with van der Waals surface area (Å²) in [6, 6.07) is 73.4. The minimum absolute atomic E-state index is 0.0600. The number of aromatic nitrogens is 1. The standard InChI is InChI=1S/C56H39N3S/c1-3-15-36(16-4-1)39-19-11-20-41(33-39)49-35-50(59-55(58-49)38-17-5-2-6-18-38)43-23-13-27-47-54(43)53-42(40-31-30-37-21-14-32-57-48(37)34-40)22-12-26-46(53)56(47)44-24-7-9-28-51(44)60-52-29-10-8-25-45(52)56/h1-35,49,55,58-59H. The van der Waals surface area contributed by atoms with Crippen molar-refractivity contribution >= 4 is 28.4 Å². The third-order valence-electron chi connectivity index (χ3n) is 12.7. The lowest BCUT2D eigenvalue weighted by molar-refractivity contribution is 0.443. The number of nitrogens with one attached hydrogen (secondary N) is 2. The molecule has 60 heavy (non-hydrogen) atoms. The van der Waals surface area contributed by atoms with Gasteiger partial charge in [0.1, 0.15) is 6.17 Å². The highest BCUT2D eigenvalue weighted by Crippen LogP contribution is 2.64. The predicted molar refractivity (Wildman–Crippen MR) is 247 cm³/mol. The molecule has 3 nitrogen and oxygen atoms in total. The molecular formula is C56H39N3S. The van der Waals surface area contributed by atoms with Crippen LogP contribution < -0.4 is 10.6 Å². The molecule has 3 aliphatic rings. The Labute approximate surface area is 354 Å². The molecular weight excluding hydrogens is 747 g/mol. The van der Waals surface area contributed by atoms with Crippen molar-refractivity contribution in [3.05, 3.63) is 251 Å². The fourth-order valence-electron chi connectivity index (χ4n) is 10.1. The molecule has 1 aliphatic carbocycles. The largest absolute Gasteiger partial charge is 0.366 e. The van der Waals surface area contributed by atoms with E-state index in [2.05, 4.69) is 211 Å². The lowest BCUT2D eigenvalue weighted by Gasteiger charge is -2.39. The molecule has 12 rings (SSSR count). The third-order valence-corrected chi connectivity index (χ3v) is 13.8. The van der Waals surface area contributed by atoms with Crippen molar-refractivity contribution in [1.82, 2.24) is 15.6 Å². The molecule has 1 spiro atoms. The summed E-state index contributed by atoms with van der Waals surface area (Å²) >= 11 is 1.88. The second-order valence-electron chi connectivity index (χ2n) is 15.9. The van der Waals surface area contributed by atoms with Gasteiger partial charge in [-0.15, -0.1) is 0 Å². The number of benzene rings is 8. The highest BCUT2D eigenvalue weighted by molar-refractivity contribution is 7.99. The van der Waals surface area contributed by atoms with Crippen LogP contribution in [0.2, 0.25) is 0 Å². The monoisotopic (exact) mass is 785 g/mol. The van der Waals surface area contributed by atoms with Gasteiger partial charge in [-0.1, -0.05) is 182 Å². The Hall–Kier alpha value is -6.98. The topological polar surface area (TPSA) is 37.0 Å². The Kier molecular flexibility index (Phi) is 8.22. The summed E-state index contributed by atoms with van der Waals surface area (Å²) in [6.07, 6.45) is 4.17. The molecule has 9 aromatic rings. The van der Waals surface area contributed by atoms with Crippen LogP contribution in [0.15, 0.2) is 222 Å². The van der Waals surface area contributed by atoms with Gasteiger partial charge < -0.3 is 5.32 Å². The zero-order valence-electron chi connectivity index (χ0n) is 32.7. The number of hydrogen-bond donors (Lipinski definition) is 2. The highest BCUT2D eigenvalue weighted by atomic mass is 32.2. The molecule has 0 radical (unpaired) electrons. The van der Waals surface area contributed by atoms with Crippen LogP contribution >= 0.6 is 11.8 Å². The summed E-state index contributed by atoms with van der Waals surface area (Å²) in [6.45, 7) is 0. The number of rotatable bonds is 5. The first kappa shape index (κ1) is 35.0. The first-order valence-electron chi connectivity index (χ1n) is 20.7. The molecule has 1 aromatic heterocycles. The second-order valence-corrected chi connectivity index (χ2v) is 17.0. The van der Waals surface area contributed by atoms with E-state index in [9.17, 15) is 0 Å². The second kappa shape index (κ2) is 14.1. The van der Waals surface area contributed by atoms with Crippen LogP contribution in [0.1, 0.15) is 51.2 Å². The van der Waals surface area contributed by atoms with E-state index in [1.807, 2.05) is 24.0 Å². The van der Waals surface area contributed by atoms with Crippen LogP contribution in [-0.4, -0.2) is 4.98 Å². The SMILES string of the molecule is C1=C(c2cccc3c2-c2c(-c4ccc5cccnc5c4)cccc2C32c3ccccc3Sc3ccccc32)NC(c2ccccc2)NC1c1cccc(-c2ccccc2)c1. The molecule has 284 valence electrons. The van der Waals surface area contributed by atoms with Gasteiger partial charge in [-0.05, 0) is 103 Å². The normalized spacial score (nSPS) is 16.9. The maximum absolute atomic E-state index is 4.81. The minimum Gasteiger partial charge on any atom is -0.366 e. The van der Waals surface area contributed by atoms with Crippen molar-refractivity contribution in [2.45, 2.75) is 27.4 Å². The Morgan fingerprint density at radius 1 is 0.467 bits per heavy atom. The zero-order chi connectivity index (χ0) is 39.6. The van der Waals surface area contributed by atoms with Crippen molar-refractivity contribution in [2.75, 3.05) is 0 Å². The zero-order valence-corrected chi connectivity index (χ0v) is 33.5. The van der Waals surface area contributed by atoms with Gasteiger partial charge >= 0.3 is 0 Å². The van der Waals surface area contributed by atoms with Gasteiger partial charge in [-0.2, -0.15) is 0 Å². The van der Waals surface area contributed by atoms with Crippen molar-refractivity contribution in [3.63, 3.8) is 0 Å². The fourth-order valence-corrected chi connectivity index (χ4v) is 11.2. The predicted octanol–water partition coefficient (Wildman–Crippen LogP) is 13.4. The fraction of sp³-hybridized carbons (Fsp3) is 0.0536. The summed E-state index contributed by atoms with van der Waals surface area (Å²) < 4.78 is 0. The summed E-state index contributed by atoms with van der Waals surface area (Å²) in [5, 5.41) is 9.17. The molecule has 0 bridgehead atoms. The molecule has 2 aliphatic heterocycles. The van der Waals surface area contributed by atoms with E-state index in [1.54, 1.807) is 0 Å². The molecule has 0 saturated carbocycles. The summed E-state index contributed by atoms with van der Waals surface area (Å²) in [4.78, 5) is 7.40. The Morgan fingerprint density at radius 2 is 1.08 bits per heavy atom. The molecule has 2 unspecified atom stereocenters. The first-order chi connectivity index (χ1) is 29.7. The van der Waals surface area contributed by atoms with Crippen LogP contribution in [0.25, 0.3) is 50.0 Å². The Bertz CT molecular complexity index is 3110. The van der Waals surface area contributed by atoms with Crippen molar-refractivity contribution in [1.29, 1.82) is 0 Å². The van der Waals surface area contributed by atoms with Gasteiger partial charge in [0, 0.05) is 32.6 Å². The molecule has 0 saturated heterocycles. The van der Waals surface area contributed by atoms with Crippen molar-refractivity contribution < 1.29 is 0 Å². The number of hydrogen-bond acceptors (Lipinski definition) is 4. The first-order valence-corrected chi connectivity index (χ1v) is 21.5. The molecule has 2 N–H and O–H groups in total. The van der Waals surface area contributed by atoms with Crippen LogP contribution in [0.3, 0.4) is 0 Å². The molecule has 0 amide bonds. The van der Waals surface area contributed by atoms with E-state index in [0.29, 0.717) is 0 Å². The molecule has 3 heterocycles. The molecule has 8 aromatic carbocycles. The average molecular weight is 786 g/mol. The molecule has 2 atom stereocenters. The van der Waals surface area contributed by atoms with E-state index in [0.717, 1.165) is 22.2 Å². The maximum atomic E-state index is 4.81. The van der Waals surface area contributed by atoms with E-state index in [4.69, 9.17) is 4.98 Å². The van der Waals surface area contributed by atoms with Gasteiger partial charge in [0.15, 0.2) is 0 Å². The van der Waals surface area contributed by atoms with Crippen LogP contribution in [0.4, 0.5) is 0 Å². The minimum atomic E-state index is -0.528. The number of pyridine rings is 1. The summed E-state index contributed by atoms with van der Waals surface area (Å²) in [5.74, 6) is 0. The summed E-state index contributed by atoms with van der Waals surface area (Å²) in [5.41, 5.74) is 17.8. The van der Waals surface area contributed by atoms with Gasteiger partial charge in [0.25, 0.3) is 0 Å². The third kappa shape index (κ3) is 5.45. The lowest BCUT2D eigenvalue weighted by atomic mass is 9.67. The van der Waals surface area contributed by atoms with Crippen LogP contribution in [0, 0.1) is 0 Å².